The van der Waals surface area contributed by atoms with Gasteiger partial charge in [-0.2, -0.15) is 0 Å². The van der Waals surface area contributed by atoms with E-state index in [-0.39, 0.29) is 13.2 Å². The van der Waals surface area contributed by atoms with Gasteiger partial charge in [0.2, 0.25) is 10.0 Å². The van der Waals surface area contributed by atoms with E-state index in [1.54, 1.807) is 13.8 Å². The van der Waals surface area contributed by atoms with Gasteiger partial charge in [-0.15, -0.1) is 0 Å². The molecule has 0 radical (unpaired) electrons. The highest BCUT2D eigenvalue weighted by Gasteiger charge is 2.45. The second-order valence-corrected chi connectivity index (χ2v) is 8.79. The Bertz CT molecular complexity index is 812. The van der Waals surface area contributed by atoms with Crippen molar-refractivity contribution in [3.8, 4) is 0 Å². The number of esters is 1. The van der Waals surface area contributed by atoms with E-state index < -0.39 is 43.9 Å². The number of hydrogen-bond donors (Lipinski definition) is 2. The zero-order chi connectivity index (χ0) is 21.1. The molecule has 0 spiro atoms. The normalized spacial score (nSPS) is 23.3. The molecule has 28 heavy (non-hydrogen) atoms. The Kier molecular flexibility index (Phi) is 7.21. The number of nitrogens with zero attached hydrogens (tertiary/aromatic N) is 2. The third-order valence-corrected chi connectivity index (χ3v) is 6.31. The lowest BCUT2D eigenvalue weighted by atomic mass is 9.87. The van der Waals surface area contributed by atoms with Gasteiger partial charge in [0.25, 0.3) is 0 Å². The monoisotopic (exact) mass is 421 g/mol. The minimum absolute atomic E-state index is 0.0381. The van der Waals surface area contributed by atoms with Gasteiger partial charge in [-0.25, -0.2) is 22.3 Å². The van der Waals surface area contributed by atoms with Crippen molar-refractivity contribution in [1.29, 1.82) is 0 Å². The molecule has 160 valence electrons. The van der Waals surface area contributed by atoms with Crippen molar-refractivity contribution in [2.45, 2.75) is 31.7 Å². The summed E-state index contributed by atoms with van der Waals surface area (Å²) < 4.78 is 54.1. The average molecular weight is 421 g/mol. The minimum atomic E-state index is -4.28. The van der Waals surface area contributed by atoms with Crippen molar-refractivity contribution in [1.82, 2.24) is 14.2 Å². The standard InChI is InChI=1S/C17H28FN3O6S/c1-5-26-11-21-8-13(17(3,9-21)10-22)19-28(24,25)12-7-20(4)15(14(12)18)16(23)27-6-2/h7,13,19,22H,5-6,8-11H2,1-4H3. The number of ether oxygens (including phenoxy) is 2. The summed E-state index contributed by atoms with van der Waals surface area (Å²) in [5.74, 6) is -2.10. The summed E-state index contributed by atoms with van der Waals surface area (Å²) in [6, 6.07) is -0.659. The summed E-state index contributed by atoms with van der Waals surface area (Å²) in [5, 5.41) is 9.80. The molecular formula is C17H28FN3O6S. The van der Waals surface area contributed by atoms with E-state index in [2.05, 4.69) is 4.72 Å². The number of nitrogens with one attached hydrogen (secondary N) is 1. The van der Waals surface area contributed by atoms with Crippen LogP contribution in [0.1, 0.15) is 31.3 Å². The number of sulfonamides is 1. The zero-order valence-corrected chi connectivity index (χ0v) is 17.4. The number of carbonyl (C=O) groups is 1. The van der Waals surface area contributed by atoms with Gasteiger partial charge in [-0.1, -0.05) is 6.92 Å². The maximum atomic E-state index is 14.7. The molecule has 0 aliphatic carbocycles. The Morgan fingerprint density at radius 1 is 1.43 bits per heavy atom. The van der Waals surface area contributed by atoms with Gasteiger partial charge >= 0.3 is 5.97 Å². The van der Waals surface area contributed by atoms with Crippen LogP contribution in [0.25, 0.3) is 0 Å². The Hall–Kier alpha value is -1.53. The molecule has 2 rings (SSSR count). The number of aliphatic hydroxyl groups excluding tert-OH is 1. The smallest absolute Gasteiger partial charge is 0.358 e. The molecule has 2 heterocycles. The molecule has 1 fully saturated rings. The van der Waals surface area contributed by atoms with Crippen LogP contribution in [0.3, 0.4) is 0 Å². The first-order valence-corrected chi connectivity index (χ1v) is 10.5. The van der Waals surface area contributed by atoms with Crippen molar-refractivity contribution in [2.75, 3.05) is 39.6 Å². The molecule has 1 aromatic heterocycles. The van der Waals surface area contributed by atoms with Crippen LogP contribution < -0.4 is 4.72 Å². The van der Waals surface area contributed by atoms with Gasteiger partial charge in [0.05, 0.1) is 19.9 Å². The first-order chi connectivity index (χ1) is 13.1. The largest absolute Gasteiger partial charge is 0.461 e. The Morgan fingerprint density at radius 3 is 2.68 bits per heavy atom. The number of aryl methyl sites for hydroxylation is 1. The van der Waals surface area contributed by atoms with Crippen LogP contribution in [0.4, 0.5) is 4.39 Å². The van der Waals surface area contributed by atoms with Gasteiger partial charge in [0, 0.05) is 44.4 Å². The minimum Gasteiger partial charge on any atom is -0.461 e. The molecule has 1 saturated heterocycles. The quantitative estimate of drug-likeness (QED) is 0.552. The number of aromatic nitrogens is 1. The van der Waals surface area contributed by atoms with E-state index in [9.17, 15) is 22.7 Å². The van der Waals surface area contributed by atoms with Crippen molar-refractivity contribution in [2.24, 2.45) is 12.5 Å². The Labute approximate surface area is 164 Å². The highest BCUT2D eigenvalue weighted by Crippen LogP contribution is 2.31. The van der Waals surface area contributed by atoms with Crippen molar-refractivity contribution in [3.63, 3.8) is 0 Å². The third kappa shape index (κ3) is 4.54. The topological polar surface area (TPSA) is 110 Å². The van der Waals surface area contributed by atoms with Crippen LogP contribution in [-0.4, -0.2) is 74.6 Å². The second-order valence-electron chi connectivity index (χ2n) is 7.11. The summed E-state index contributed by atoms with van der Waals surface area (Å²) in [6.07, 6.45) is 1.03. The average Bonchev–Trinajstić information content (AvgIpc) is 3.10. The number of carbonyl (C=O) groups excluding carboxylic acids is 1. The molecule has 2 atom stereocenters. The zero-order valence-electron chi connectivity index (χ0n) is 16.6. The second kappa shape index (κ2) is 8.87. The fourth-order valence-corrected chi connectivity index (χ4v) is 4.75. The fraction of sp³-hybridized carbons (Fsp3) is 0.706. The summed E-state index contributed by atoms with van der Waals surface area (Å²) in [4.78, 5) is 13.1. The Balaban J connectivity index is 2.28. The molecule has 0 saturated carbocycles. The lowest BCUT2D eigenvalue weighted by Crippen LogP contribution is -2.47. The van der Waals surface area contributed by atoms with Crippen LogP contribution in [0.2, 0.25) is 0 Å². The van der Waals surface area contributed by atoms with Gasteiger partial charge in [0.1, 0.15) is 4.90 Å². The van der Waals surface area contributed by atoms with Crippen LogP contribution in [0.5, 0.6) is 0 Å². The lowest BCUT2D eigenvalue weighted by Gasteiger charge is -2.28. The fourth-order valence-electron chi connectivity index (χ4n) is 3.26. The van der Waals surface area contributed by atoms with Crippen molar-refractivity contribution < 1.29 is 32.2 Å². The third-order valence-electron chi connectivity index (χ3n) is 4.85. The van der Waals surface area contributed by atoms with Gasteiger partial charge in [-0.3, -0.25) is 4.90 Å². The molecule has 11 heteroatoms. The molecule has 9 nitrogen and oxygen atoms in total. The lowest BCUT2D eigenvalue weighted by molar-refractivity contribution is 0.0382. The SMILES string of the molecule is CCOCN1CC(NS(=O)(=O)c2cn(C)c(C(=O)OCC)c2F)C(C)(CO)C1. The molecule has 0 bridgehead atoms. The first-order valence-electron chi connectivity index (χ1n) is 9.04. The number of aliphatic hydroxyl groups is 1. The van der Waals surface area contributed by atoms with E-state index in [4.69, 9.17) is 9.47 Å². The van der Waals surface area contributed by atoms with E-state index in [1.165, 1.54) is 7.05 Å². The highest BCUT2D eigenvalue weighted by atomic mass is 32.2. The number of likely N-dealkylation sites (tertiary alicyclic amines) is 1. The molecule has 2 N–H and O–H groups in total. The molecule has 1 aromatic rings. The van der Waals surface area contributed by atoms with Crippen LogP contribution in [-0.2, 0) is 26.5 Å². The summed E-state index contributed by atoms with van der Waals surface area (Å²) >= 11 is 0. The predicted molar refractivity (Wildman–Crippen MR) is 98.7 cm³/mol. The number of halogens is 1. The Morgan fingerprint density at radius 2 is 2.11 bits per heavy atom. The number of rotatable bonds is 9. The van der Waals surface area contributed by atoms with E-state index in [1.807, 2.05) is 11.8 Å². The maximum Gasteiger partial charge on any atom is 0.358 e. The summed E-state index contributed by atoms with van der Waals surface area (Å²) in [5.41, 5.74) is -1.23. The van der Waals surface area contributed by atoms with Gasteiger partial charge in [-0.05, 0) is 13.8 Å². The molecule has 2 unspecified atom stereocenters. The molecule has 0 amide bonds. The summed E-state index contributed by atoms with van der Waals surface area (Å²) in [6.45, 7) is 6.48. The first kappa shape index (κ1) is 22.8. The van der Waals surface area contributed by atoms with Gasteiger partial charge in [0.15, 0.2) is 11.5 Å². The predicted octanol–water partition coefficient (Wildman–Crippen LogP) is 0.296. The van der Waals surface area contributed by atoms with E-state index >= 15 is 0 Å². The van der Waals surface area contributed by atoms with Crippen LogP contribution >= 0.6 is 0 Å². The van der Waals surface area contributed by atoms with Crippen molar-refractivity contribution >= 4 is 16.0 Å². The van der Waals surface area contributed by atoms with Crippen molar-refractivity contribution in [3.05, 3.63) is 17.7 Å². The summed E-state index contributed by atoms with van der Waals surface area (Å²) in [7, 11) is -2.92. The van der Waals surface area contributed by atoms with E-state index in [0.29, 0.717) is 26.4 Å². The molecule has 1 aliphatic heterocycles. The molecule has 0 aromatic carbocycles. The van der Waals surface area contributed by atoms with Crippen LogP contribution in [0, 0.1) is 11.2 Å². The van der Waals surface area contributed by atoms with Gasteiger partial charge < -0.3 is 19.1 Å². The maximum absolute atomic E-state index is 14.7. The van der Waals surface area contributed by atoms with E-state index in [0.717, 1.165) is 10.8 Å². The molecular weight excluding hydrogens is 393 g/mol. The highest BCUT2D eigenvalue weighted by molar-refractivity contribution is 7.89. The molecule has 1 aliphatic rings. The van der Waals surface area contributed by atoms with Crippen LogP contribution in [0.15, 0.2) is 11.1 Å². The number of hydrogen-bond acceptors (Lipinski definition) is 7.